The maximum atomic E-state index is 5.60. The average molecular weight is 511 g/mol. The normalized spacial score (nSPS) is 21.7. The minimum atomic E-state index is -0.264. The molecule has 0 atom stereocenters. The maximum Gasteiger partial charge on any atom is 0.360 e. The highest BCUT2D eigenvalue weighted by Crippen LogP contribution is 2.52. The zero-order valence-electron chi connectivity index (χ0n) is 20.8. The lowest BCUT2D eigenvalue weighted by Crippen LogP contribution is -2.36. The van der Waals surface area contributed by atoms with E-state index in [0.717, 1.165) is 74.3 Å². The van der Waals surface area contributed by atoms with Crippen LogP contribution in [0.3, 0.4) is 0 Å². The Kier molecular flexibility index (Phi) is 5.99. The maximum absolute atomic E-state index is 5.60. The van der Waals surface area contributed by atoms with E-state index in [4.69, 9.17) is 19.5 Å². The Hall–Kier alpha value is -2.20. The van der Waals surface area contributed by atoms with Crippen molar-refractivity contribution in [1.82, 2.24) is 4.98 Å². The standard InChI is InChI=1S/C26H32N5O2S2/c1-26(2)22-20(34-24(27-22)30-9-13-32-14-10-30)19(17-5-7-18(8-6-17)29(3)4)21-23(26)28-25(35-21)31-11-15-33-16-12-31/h5-8H,9-16H2,1-4H3/q+1. The SMILES string of the molecule is CN(C)c1ccc(C2=C3SC(=[N+]4CCOCC4)N=C3C(C)(C)c3nc(N4CCOCC4)sc32)cc1. The highest BCUT2D eigenvalue weighted by molar-refractivity contribution is 8.18. The summed E-state index contributed by atoms with van der Waals surface area (Å²) < 4.78 is 13.6. The second-order valence-corrected chi connectivity index (χ2v) is 11.9. The molecule has 2 aromatic rings. The Morgan fingerprint density at radius 2 is 1.69 bits per heavy atom. The van der Waals surface area contributed by atoms with Crippen LogP contribution in [0.1, 0.15) is 30.0 Å². The van der Waals surface area contributed by atoms with Crippen LogP contribution in [-0.2, 0) is 14.9 Å². The number of allylic oxidation sites excluding steroid dienone is 1. The van der Waals surface area contributed by atoms with Crippen molar-refractivity contribution in [3.8, 4) is 0 Å². The predicted octanol–water partition coefficient (Wildman–Crippen LogP) is 3.68. The van der Waals surface area contributed by atoms with Gasteiger partial charge in [0, 0.05) is 50.2 Å². The van der Waals surface area contributed by atoms with Gasteiger partial charge in [0.1, 0.15) is 13.1 Å². The van der Waals surface area contributed by atoms with Gasteiger partial charge in [0.2, 0.25) is 0 Å². The predicted molar refractivity (Wildman–Crippen MR) is 146 cm³/mol. The lowest BCUT2D eigenvalue weighted by Gasteiger charge is -2.28. The van der Waals surface area contributed by atoms with E-state index in [1.807, 2.05) is 23.1 Å². The molecule has 7 nitrogen and oxygen atoms in total. The Morgan fingerprint density at radius 1 is 1.00 bits per heavy atom. The van der Waals surface area contributed by atoms with Crippen LogP contribution in [0.15, 0.2) is 34.2 Å². The third-order valence-corrected chi connectivity index (χ3v) is 9.37. The van der Waals surface area contributed by atoms with E-state index in [2.05, 4.69) is 66.6 Å². The lowest BCUT2D eigenvalue weighted by atomic mass is 9.76. The molecule has 184 valence electrons. The topological polar surface area (TPSA) is 53.2 Å². The number of anilines is 2. The molecule has 2 fully saturated rings. The number of ether oxygens (including phenoxy) is 2. The number of rotatable bonds is 3. The molecule has 0 spiro atoms. The third-order valence-electron chi connectivity index (χ3n) is 7.11. The number of morpholine rings is 2. The molecule has 0 N–H and O–H groups in total. The van der Waals surface area contributed by atoms with Crippen molar-refractivity contribution in [1.29, 1.82) is 0 Å². The number of fused-ring (bicyclic) bond motifs is 2. The van der Waals surface area contributed by atoms with Gasteiger partial charge < -0.3 is 19.3 Å². The molecule has 0 unspecified atom stereocenters. The van der Waals surface area contributed by atoms with Crippen LogP contribution >= 0.6 is 23.1 Å². The molecule has 2 saturated heterocycles. The molecule has 35 heavy (non-hydrogen) atoms. The molecule has 0 saturated carbocycles. The van der Waals surface area contributed by atoms with E-state index >= 15 is 0 Å². The Bertz CT molecular complexity index is 1230. The summed E-state index contributed by atoms with van der Waals surface area (Å²) in [6, 6.07) is 8.90. The Balaban J connectivity index is 1.52. The van der Waals surface area contributed by atoms with Gasteiger partial charge in [-0.2, -0.15) is 0 Å². The molecule has 1 aromatic heterocycles. The first-order valence-corrected chi connectivity index (χ1v) is 13.9. The quantitative estimate of drug-likeness (QED) is 0.588. The molecular weight excluding hydrogens is 478 g/mol. The van der Waals surface area contributed by atoms with Gasteiger partial charge in [-0.3, -0.25) is 0 Å². The van der Waals surface area contributed by atoms with Gasteiger partial charge in [0.05, 0.1) is 47.3 Å². The molecule has 4 heterocycles. The molecule has 0 amide bonds. The van der Waals surface area contributed by atoms with Gasteiger partial charge in [-0.1, -0.05) is 23.5 Å². The summed E-state index contributed by atoms with van der Waals surface area (Å²) in [6.45, 7) is 11.2. The van der Waals surface area contributed by atoms with E-state index in [1.54, 1.807) is 0 Å². The van der Waals surface area contributed by atoms with Crippen molar-refractivity contribution in [3.63, 3.8) is 0 Å². The molecule has 9 heteroatoms. The van der Waals surface area contributed by atoms with Gasteiger partial charge in [0.15, 0.2) is 10.8 Å². The second-order valence-electron chi connectivity index (χ2n) is 9.99. The summed E-state index contributed by atoms with van der Waals surface area (Å²) in [4.78, 5) is 17.6. The first-order valence-electron chi connectivity index (χ1n) is 12.3. The summed E-state index contributed by atoms with van der Waals surface area (Å²) in [7, 11) is 4.16. The summed E-state index contributed by atoms with van der Waals surface area (Å²) >= 11 is 3.65. The monoisotopic (exact) mass is 510 g/mol. The summed E-state index contributed by atoms with van der Waals surface area (Å²) in [6.07, 6.45) is 0. The average Bonchev–Trinajstić information content (AvgIpc) is 3.53. The van der Waals surface area contributed by atoms with Gasteiger partial charge in [-0.25, -0.2) is 9.56 Å². The van der Waals surface area contributed by atoms with Crippen LogP contribution in [0, 0.1) is 0 Å². The van der Waals surface area contributed by atoms with Gasteiger partial charge in [0.25, 0.3) is 0 Å². The zero-order valence-corrected chi connectivity index (χ0v) is 22.5. The zero-order chi connectivity index (χ0) is 24.2. The minimum Gasteiger partial charge on any atom is -0.378 e. The first kappa shape index (κ1) is 23.2. The lowest BCUT2D eigenvalue weighted by molar-refractivity contribution is -0.547. The van der Waals surface area contributed by atoms with Crippen molar-refractivity contribution in [2.45, 2.75) is 19.3 Å². The fourth-order valence-electron chi connectivity index (χ4n) is 4.99. The first-order chi connectivity index (χ1) is 16.9. The number of aromatic nitrogens is 1. The van der Waals surface area contributed by atoms with E-state index in [-0.39, 0.29) is 5.41 Å². The van der Waals surface area contributed by atoms with Crippen molar-refractivity contribution in [2.75, 3.05) is 76.5 Å². The summed E-state index contributed by atoms with van der Waals surface area (Å²) in [5.74, 6) is 0. The summed E-state index contributed by atoms with van der Waals surface area (Å²) in [5.41, 5.74) is 5.71. The number of hydrogen-bond acceptors (Lipinski definition) is 7. The molecule has 1 aromatic carbocycles. The highest BCUT2D eigenvalue weighted by Gasteiger charge is 2.50. The fourth-order valence-corrected chi connectivity index (χ4v) is 7.75. The number of amidine groups is 1. The fraction of sp³-hybridized carbons (Fsp3) is 0.500. The second kappa shape index (κ2) is 9.03. The van der Waals surface area contributed by atoms with Crippen LogP contribution in [0.25, 0.3) is 5.57 Å². The van der Waals surface area contributed by atoms with Crippen molar-refractivity contribution in [3.05, 3.63) is 45.3 Å². The number of nitrogens with zero attached hydrogens (tertiary/aromatic N) is 5. The number of benzene rings is 1. The number of hydrogen-bond donors (Lipinski definition) is 0. The molecule has 6 rings (SSSR count). The molecule has 0 bridgehead atoms. The van der Waals surface area contributed by atoms with Crippen LogP contribution in [0.5, 0.6) is 0 Å². The van der Waals surface area contributed by atoms with Crippen molar-refractivity contribution in [2.24, 2.45) is 4.99 Å². The third kappa shape index (κ3) is 4.02. The highest BCUT2D eigenvalue weighted by atomic mass is 32.2. The van der Waals surface area contributed by atoms with Crippen LogP contribution in [0.2, 0.25) is 0 Å². The van der Waals surface area contributed by atoms with E-state index in [9.17, 15) is 0 Å². The molecule has 4 aliphatic rings. The van der Waals surface area contributed by atoms with Gasteiger partial charge in [-0.05, 0) is 36.5 Å². The Labute approximate surface area is 215 Å². The van der Waals surface area contributed by atoms with Crippen molar-refractivity contribution < 1.29 is 14.0 Å². The molecule has 0 radical (unpaired) electrons. The molecule has 3 aliphatic heterocycles. The van der Waals surface area contributed by atoms with Gasteiger partial charge >= 0.3 is 5.17 Å². The number of aliphatic imine (C=N–C) groups is 1. The number of thiazole rings is 1. The molecular formula is C26H32N5O2S2+. The Morgan fingerprint density at radius 3 is 2.37 bits per heavy atom. The van der Waals surface area contributed by atoms with Crippen molar-refractivity contribution >= 4 is 50.4 Å². The number of thioether (sulfide) groups is 1. The summed E-state index contributed by atoms with van der Waals surface area (Å²) in [5, 5.41) is 2.19. The van der Waals surface area contributed by atoms with Crippen LogP contribution < -0.4 is 9.80 Å². The van der Waals surface area contributed by atoms with Gasteiger partial charge in [-0.15, -0.1) is 0 Å². The minimum absolute atomic E-state index is 0.264. The smallest absolute Gasteiger partial charge is 0.360 e. The van der Waals surface area contributed by atoms with Crippen LogP contribution in [0.4, 0.5) is 10.8 Å². The largest absolute Gasteiger partial charge is 0.378 e. The van der Waals surface area contributed by atoms with E-state index in [0.29, 0.717) is 0 Å². The van der Waals surface area contributed by atoms with E-state index in [1.165, 1.54) is 26.6 Å². The van der Waals surface area contributed by atoms with Crippen LogP contribution in [-0.4, -0.2) is 87.1 Å². The van der Waals surface area contributed by atoms with E-state index < -0.39 is 0 Å². The molecule has 1 aliphatic carbocycles.